The van der Waals surface area contributed by atoms with Crippen molar-refractivity contribution in [3.05, 3.63) is 71.3 Å². The van der Waals surface area contributed by atoms with Gasteiger partial charge in [-0.25, -0.2) is 4.79 Å². The van der Waals surface area contributed by atoms with E-state index in [1.807, 2.05) is 37.3 Å². The first-order valence-electron chi connectivity index (χ1n) is 6.71. The summed E-state index contributed by atoms with van der Waals surface area (Å²) in [4.78, 5) is 11.7. The Balaban J connectivity index is 2.35. The van der Waals surface area contributed by atoms with Crippen LogP contribution in [0.25, 0.3) is 5.57 Å². The van der Waals surface area contributed by atoms with Crippen molar-refractivity contribution in [2.75, 3.05) is 11.9 Å². The van der Waals surface area contributed by atoms with Gasteiger partial charge in [0.2, 0.25) is 0 Å². The van der Waals surface area contributed by atoms with Crippen molar-refractivity contribution in [2.45, 2.75) is 6.92 Å². The minimum atomic E-state index is -0.248. The second-order valence-corrected chi connectivity index (χ2v) is 4.96. The Morgan fingerprint density at radius 3 is 2.57 bits per heavy atom. The molecule has 0 unspecified atom stereocenters. The van der Waals surface area contributed by atoms with Gasteiger partial charge in [-0.15, -0.1) is 0 Å². The molecule has 2 aromatic carbocycles. The molecule has 2 N–H and O–H groups in total. The molecule has 0 fully saturated rings. The van der Waals surface area contributed by atoms with Gasteiger partial charge in [-0.3, -0.25) is 0 Å². The van der Waals surface area contributed by atoms with Gasteiger partial charge in [0.1, 0.15) is 0 Å². The smallest absolute Gasteiger partial charge is 0.319 e. The summed E-state index contributed by atoms with van der Waals surface area (Å²) in [5.74, 6) is 0. The molecular weight excluding hydrogens is 284 g/mol. The topological polar surface area (TPSA) is 41.1 Å². The fraction of sp³-hybridized carbons (Fsp3) is 0.118. The first-order chi connectivity index (χ1) is 10.1. The largest absolute Gasteiger partial charge is 0.338 e. The molecule has 3 nitrogen and oxygen atoms in total. The Labute approximate surface area is 129 Å². The van der Waals surface area contributed by atoms with Crippen LogP contribution in [0.2, 0.25) is 5.02 Å². The highest BCUT2D eigenvalue weighted by molar-refractivity contribution is 6.31. The van der Waals surface area contributed by atoms with Crippen LogP contribution in [0.4, 0.5) is 10.5 Å². The summed E-state index contributed by atoms with van der Waals surface area (Å²) in [6.45, 7) is 6.55. The van der Waals surface area contributed by atoms with Crippen LogP contribution in [0, 0.1) is 0 Å². The number of carbonyl (C=O) groups is 1. The van der Waals surface area contributed by atoms with E-state index in [1.54, 1.807) is 18.2 Å². The number of benzene rings is 2. The second kappa shape index (κ2) is 6.95. The molecule has 4 heteroatoms. The summed E-state index contributed by atoms with van der Waals surface area (Å²) < 4.78 is 0. The van der Waals surface area contributed by atoms with E-state index >= 15 is 0 Å². The van der Waals surface area contributed by atoms with Crippen LogP contribution in [0.5, 0.6) is 0 Å². The normalized spacial score (nSPS) is 10.0. The van der Waals surface area contributed by atoms with E-state index in [2.05, 4.69) is 17.2 Å². The highest BCUT2D eigenvalue weighted by Crippen LogP contribution is 2.30. The molecule has 0 radical (unpaired) electrons. The molecule has 2 aromatic rings. The van der Waals surface area contributed by atoms with Crippen molar-refractivity contribution in [3.8, 4) is 0 Å². The molecule has 2 rings (SSSR count). The molecule has 0 aliphatic carbocycles. The number of amides is 2. The summed E-state index contributed by atoms with van der Waals surface area (Å²) in [6.07, 6.45) is 0. The molecule has 0 aliphatic rings. The van der Waals surface area contributed by atoms with Crippen LogP contribution >= 0.6 is 11.6 Å². The van der Waals surface area contributed by atoms with E-state index in [0.717, 1.165) is 16.7 Å². The molecule has 0 aliphatic heterocycles. The Morgan fingerprint density at radius 2 is 1.90 bits per heavy atom. The molecule has 0 bridgehead atoms. The molecular formula is C17H17ClN2O. The molecule has 108 valence electrons. The minimum Gasteiger partial charge on any atom is -0.338 e. The van der Waals surface area contributed by atoms with Crippen molar-refractivity contribution in [3.63, 3.8) is 0 Å². The third-order valence-corrected chi connectivity index (χ3v) is 3.25. The zero-order chi connectivity index (χ0) is 15.2. The number of anilines is 1. The van der Waals surface area contributed by atoms with Crippen molar-refractivity contribution in [1.29, 1.82) is 0 Å². The predicted octanol–water partition coefficient (Wildman–Crippen LogP) is 4.54. The number of urea groups is 1. The Hall–Kier alpha value is -2.26. The lowest BCUT2D eigenvalue weighted by atomic mass is 9.98. The first kappa shape index (κ1) is 15.1. The minimum absolute atomic E-state index is 0.248. The molecule has 2 amide bonds. The molecule has 0 heterocycles. The van der Waals surface area contributed by atoms with Gasteiger partial charge in [0.05, 0.1) is 5.69 Å². The van der Waals surface area contributed by atoms with Gasteiger partial charge in [-0.1, -0.05) is 48.5 Å². The van der Waals surface area contributed by atoms with Gasteiger partial charge in [-0.2, -0.15) is 0 Å². The highest BCUT2D eigenvalue weighted by atomic mass is 35.5. The van der Waals surface area contributed by atoms with Gasteiger partial charge >= 0.3 is 6.03 Å². The Kier molecular flexibility index (Phi) is 5.01. The van der Waals surface area contributed by atoms with Crippen LogP contribution in [0.15, 0.2) is 55.1 Å². The summed E-state index contributed by atoms with van der Waals surface area (Å²) >= 11 is 6.08. The van der Waals surface area contributed by atoms with E-state index in [4.69, 9.17) is 11.6 Å². The van der Waals surface area contributed by atoms with Crippen LogP contribution in [-0.4, -0.2) is 12.6 Å². The van der Waals surface area contributed by atoms with Crippen molar-refractivity contribution < 1.29 is 4.79 Å². The average Bonchev–Trinajstić information content (AvgIpc) is 2.49. The van der Waals surface area contributed by atoms with Gasteiger partial charge < -0.3 is 10.6 Å². The Bertz CT molecular complexity index is 653. The van der Waals surface area contributed by atoms with Crippen LogP contribution in [-0.2, 0) is 0 Å². The maximum absolute atomic E-state index is 11.7. The van der Waals surface area contributed by atoms with E-state index in [9.17, 15) is 4.79 Å². The Morgan fingerprint density at radius 1 is 1.19 bits per heavy atom. The standard InChI is InChI=1S/C17H17ClN2O/c1-3-19-17(21)20-16-10-9-14(18)11-15(16)12(2)13-7-5-4-6-8-13/h4-11H,2-3H2,1H3,(H2,19,20,21). The molecule has 0 atom stereocenters. The third kappa shape index (κ3) is 3.86. The summed E-state index contributed by atoms with van der Waals surface area (Å²) in [5, 5.41) is 6.12. The number of hydrogen-bond acceptors (Lipinski definition) is 1. The molecule has 21 heavy (non-hydrogen) atoms. The zero-order valence-electron chi connectivity index (χ0n) is 11.8. The fourth-order valence-corrected chi connectivity index (χ4v) is 2.17. The summed E-state index contributed by atoms with van der Waals surface area (Å²) in [7, 11) is 0. The molecule has 0 aromatic heterocycles. The first-order valence-corrected chi connectivity index (χ1v) is 7.08. The van der Waals surface area contributed by atoms with Gasteiger partial charge in [0, 0.05) is 17.1 Å². The van der Waals surface area contributed by atoms with Crippen LogP contribution in [0.1, 0.15) is 18.1 Å². The number of halogens is 1. The molecule has 0 saturated carbocycles. The third-order valence-electron chi connectivity index (χ3n) is 3.01. The maximum Gasteiger partial charge on any atom is 0.319 e. The quantitative estimate of drug-likeness (QED) is 0.855. The number of hydrogen-bond donors (Lipinski definition) is 2. The average molecular weight is 301 g/mol. The monoisotopic (exact) mass is 300 g/mol. The fourth-order valence-electron chi connectivity index (χ4n) is 2.00. The van der Waals surface area contributed by atoms with Crippen LogP contribution in [0.3, 0.4) is 0 Å². The highest BCUT2D eigenvalue weighted by Gasteiger charge is 2.11. The second-order valence-electron chi connectivity index (χ2n) is 4.52. The maximum atomic E-state index is 11.7. The van der Waals surface area contributed by atoms with Crippen LogP contribution < -0.4 is 10.6 Å². The summed E-state index contributed by atoms with van der Waals surface area (Å²) in [6, 6.07) is 14.9. The van der Waals surface area contributed by atoms with Crippen molar-refractivity contribution >= 4 is 28.9 Å². The molecule has 0 saturated heterocycles. The van der Waals surface area contributed by atoms with Gasteiger partial charge in [0.25, 0.3) is 0 Å². The molecule has 0 spiro atoms. The SMILES string of the molecule is C=C(c1ccccc1)c1cc(Cl)ccc1NC(=O)NCC. The zero-order valence-corrected chi connectivity index (χ0v) is 12.6. The number of nitrogens with one attached hydrogen (secondary N) is 2. The van der Waals surface area contributed by atoms with Gasteiger partial charge in [-0.05, 0) is 36.3 Å². The lowest BCUT2D eigenvalue weighted by molar-refractivity contribution is 0.252. The summed E-state index contributed by atoms with van der Waals surface area (Å²) in [5.41, 5.74) is 3.28. The van der Waals surface area contributed by atoms with E-state index in [1.165, 1.54) is 0 Å². The number of rotatable bonds is 4. The van der Waals surface area contributed by atoms with E-state index < -0.39 is 0 Å². The number of carbonyl (C=O) groups excluding carboxylic acids is 1. The van der Waals surface area contributed by atoms with E-state index in [0.29, 0.717) is 17.3 Å². The van der Waals surface area contributed by atoms with Crippen molar-refractivity contribution in [1.82, 2.24) is 5.32 Å². The predicted molar refractivity (Wildman–Crippen MR) is 88.7 cm³/mol. The van der Waals surface area contributed by atoms with E-state index in [-0.39, 0.29) is 6.03 Å². The lowest BCUT2D eigenvalue weighted by Crippen LogP contribution is -2.28. The van der Waals surface area contributed by atoms with Gasteiger partial charge in [0.15, 0.2) is 0 Å². The lowest BCUT2D eigenvalue weighted by Gasteiger charge is -2.14. The van der Waals surface area contributed by atoms with Crippen molar-refractivity contribution in [2.24, 2.45) is 0 Å².